The molecule has 0 aliphatic rings. The lowest BCUT2D eigenvalue weighted by Gasteiger charge is -2.15. The van der Waals surface area contributed by atoms with Gasteiger partial charge in [0.2, 0.25) is 0 Å². The van der Waals surface area contributed by atoms with Gasteiger partial charge in [0.1, 0.15) is 5.75 Å². The molecular formula is C17H18ClNO6S. The number of benzene rings is 2. The first kappa shape index (κ1) is 19.9. The molecule has 1 amide bonds. The molecule has 1 N–H and O–H groups in total. The van der Waals surface area contributed by atoms with Crippen molar-refractivity contribution in [1.29, 1.82) is 0 Å². The molecule has 0 saturated heterocycles. The van der Waals surface area contributed by atoms with E-state index in [9.17, 15) is 13.2 Å². The number of nitrogens with one attached hydrogen (secondary N) is 1. The van der Waals surface area contributed by atoms with E-state index in [1.807, 2.05) is 4.72 Å². The zero-order valence-electron chi connectivity index (χ0n) is 14.4. The minimum absolute atomic E-state index is 0.137. The highest BCUT2D eigenvalue weighted by Gasteiger charge is 2.24. The van der Waals surface area contributed by atoms with Gasteiger partial charge in [0.05, 0.1) is 19.1 Å². The van der Waals surface area contributed by atoms with Crippen LogP contribution in [-0.2, 0) is 14.8 Å². The van der Waals surface area contributed by atoms with Crippen LogP contribution < -0.4 is 18.9 Å². The third-order valence-electron chi connectivity index (χ3n) is 3.40. The number of carbonyl (C=O) groups excluding carboxylic acids is 1. The highest BCUT2D eigenvalue weighted by Crippen LogP contribution is 2.29. The fraction of sp³-hybridized carbons (Fsp3) is 0.235. The first-order valence-electron chi connectivity index (χ1n) is 7.47. The first-order chi connectivity index (χ1) is 12.3. The number of rotatable bonds is 7. The van der Waals surface area contributed by atoms with E-state index in [4.69, 9.17) is 25.8 Å². The van der Waals surface area contributed by atoms with Crippen LogP contribution in [0.2, 0.25) is 5.02 Å². The molecular weight excluding hydrogens is 382 g/mol. The molecule has 26 heavy (non-hydrogen) atoms. The van der Waals surface area contributed by atoms with Crippen LogP contribution in [0.15, 0.2) is 47.4 Å². The van der Waals surface area contributed by atoms with Gasteiger partial charge in [0.15, 0.2) is 17.6 Å². The maximum absolute atomic E-state index is 12.4. The molecule has 0 saturated carbocycles. The normalized spacial score (nSPS) is 12.2. The number of ether oxygens (including phenoxy) is 3. The first-order valence-corrected chi connectivity index (χ1v) is 9.34. The Hall–Kier alpha value is -2.45. The summed E-state index contributed by atoms with van der Waals surface area (Å²) in [6.45, 7) is 1.44. The summed E-state index contributed by atoms with van der Waals surface area (Å²) in [4.78, 5) is 12.0. The topological polar surface area (TPSA) is 90.9 Å². The molecule has 0 aliphatic heterocycles. The van der Waals surface area contributed by atoms with Gasteiger partial charge in [-0.3, -0.25) is 4.79 Å². The lowest BCUT2D eigenvalue weighted by molar-refractivity contribution is -0.125. The van der Waals surface area contributed by atoms with Gasteiger partial charge in [0, 0.05) is 11.1 Å². The Morgan fingerprint density at radius 1 is 1.04 bits per heavy atom. The molecule has 0 spiro atoms. The molecule has 0 heterocycles. The third-order valence-corrected chi connectivity index (χ3v) is 4.99. The Labute approximate surface area is 156 Å². The van der Waals surface area contributed by atoms with Crippen molar-refractivity contribution in [2.45, 2.75) is 17.9 Å². The highest BCUT2D eigenvalue weighted by molar-refractivity contribution is 7.90. The van der Waals surface area contributed by atoms with Gasteiger partial charge in [-0.15, -0.1) is 0 Å². The summed E-state index contributed by atoms with van der Waals surface area (Å²) in [6, 6.07) is 10.4. The van der Waals surface area contributed by atoms with Crippen LogP contribution in [0.5, 0.6) is 17.2 Å². The number of sulfonamides is 1. The second-order valence-corrected chi connectivity index (χ2v) is 7.32. The van der Waals surface area contributed by atoms with Crippen LogP contribution in [0.4, 0.5) is 0 Å². The molecule has 0 radical (unpaired) electrons. The van der Waals surface area contributed by atoms with E-state index < -0.39 is 22.0 Å². The Bertz CT molecular complexity index is 883. The Kier molecular flexibility index (Phi) is 6.33. The Morgan fingerprint density at radius 3 is 2.23 bits per heavy atom. The molecule has 2 aromatic carbocycles. The van der Waals surface area contributed by atoms with Crippen molar-refractivity contribution >= 4 is 27.5 Å². The molecule has 1 atom stereocenters. The maximum atomic E-state index is 12.4. The number of methoxy groups -OCH3 is 2. The highest BCUT2D eigenvalue weighted by atomic mass is 35.5. The van der Waals surface area contributed by atoms with Gasteiger partial charge in [-0.05, 0) is 43.3 Å². The predicted molar refractivity (Wildman–Crippen MR) is 96.4 cm³/mol. The van der Waals surface area contributed by atoms with Crippen molar-refractivity contribution in [2.24, 2.45) is 0 Å². The van der Waals surface area contributed by atoms with E-state index in [1.165, 1.54) is 39.3 Å². The van der Waals surface area contributed by atoms with E-state index in [1.54, 1.807) is 24.3 Å². The summed E-state index contributed by atoms with van der Waals surface area (Å²) >= 11 is 5.78. The molecule has 2 rings (SSSR count). The molecule has 0 fully saturated rings. The zero-order valence-corrected chi connectivity index (χ0v) is 15.9. The maximum Gasteiger partial charge on any atom is 0.274 e. The summed E-state index contributed by atoms with van der Waals surface area (Å²) in [7, 11) is -1.28. The molecule has 2 aromatic rings. The van der Waals surface area contributed by atoms with Gasteiger partial charge < -0.3 is 14.2 Å². The summed E-state index contributed by atoms with van der Waals surface area (Å²) < 4.78 is 42.4. The number of hydrogen-bond acceptors (Lipinski definition) is 6. The van der Waals surface area contributed by atoms with Crippen LogP contribution >= 0.6 is 11.6 Å². The van der Waals surface area contributed by atoms with Crippen molar-refractivity contribution in [1.82, 2.24) is 4.72 Å². The fourth-order valence-electron chi connectivity index (χ4n) is 2.03. The summed E-state index contributed by atoms with van der Waals surface area (Å²) in [5.41, 5.74) is 0. The zero-order chi connectivity index (χ0) is 19.3. The Morgan fingerprint density at radius 2 is 1.65 bits per heavy atom. The van der Waals surface area contributed by atoms with E-state index in [2.05, 4.69) is 0 Å². The van der Waals surface area contributed by atoms with Gasteiger partial charge in [-0.1, -0.05) is 11.6 Å². The van der Waals surface area contributed by atoms with Crippen molar-refractivity contribution in [3.8, 4) is 17.2 Å². The second-order valence-electron chi connectivity index (χ2n) is 5.20. The molecule has 0 aromatic heterocycles. The van der Waals surface area contributed by atoms with Crippen molar-refractivity contribution in [2.75, 3.05) is 14.2 Å². The average Bonchev–Trinajstić information content (AvgIpc) is 2.62. The monoisotopic (exact) mass is 399 g/mol. The van der Waals surface area contributed by atoms with E-state index in [0.717, 1.165) is 0 Å². The number of carbonyl (C=O) groups is 1. The van der Waals surface area contributed by atoms with E-state index in [-0.39, 0.29) is 10.6 Å². The lowest BCUT2D eigenvalue weighted by atomic mass is 10.3. The Balaban J connectivity index is 2.12. The van der Waals surface area contributed by atoms with Gasteiger partial charge in [-0.25, -0.2) is 13.1 Å². The SMILES string of the molecule is COc1ccc(S(=O)(=O)NC(=O)[C@@H](C)Oc2ccc(Cl)cc2)cc1OC. The van der Waals surface area contributed by atoms with Gasteiger partial charge in [0.25, 0.3) is 15.9 Å². The standard InChI is InChI=1S/C17H18ClNO6S/c1-11(25-13-6-4-12(18)5-7-13)17(20)19-26(21,22)14-8-9-15(23-2)16(10-14)24-3/h4-11H,1-3H3,(H,19,20)/t11-/m1/s1. The summed E-state index contributed by atoms with van der Waals surface area (Å²) in [6.07, 6.45) is -1.04. The van der Waals surface area contributed by atoms with Crippen molar-refractivity contribution < 1.29 is 27.4 Å². The van der Waals surface area contributed by atoms with Crippen molar-refractivity contribution in [3.63, 3.8) is 0 Å². The molecule has 9 heteroatoms. The van der Waals surface area contributed by atoms with Crippen LogP contribution in [0.25, 0.3) is 0 Å². The van der Waals surface area contributed by atoms with E-state index >= 15 is 0 Å². The smallest absolute Gasteiger partial charge is 0.274 e. The number of hydrogen-bond donors (Lipinski definition) is 1. The molecule has 7 nitrogen and oxygen atoms in total. The summed E-state index contributed by atoms with van der Waals surface area (Å²) in [5.74, 6) is 0.181. The molecule has 0 unspecified atom stereocenters. The van der Waals surface area contributed by atoms with Gasteiger partial charge >= 0.3 is 0 Å². The van der Waals surface area contributed by atoms with Crippen LogP contribution in [0.3, 0.4) is 0 Å². The molecule has 140 valence electrons. The van der Waals surface area contributed by atoms with Crippen LogP contribution in [0.1, 0.15) is 6.92 Å². The summed E-state index contributed by atoms with van der Waals surface area (Å²) in [5, 5.41) is 0.519. The average molecular weight is 400 g/mol. The molecule has 0 bridgehead atoms. The largest absolute Gasteiger partial charge is 0.493 e. The second kappa shape index (κ2) is 8.29. The number of halogens is 1. The minimum Gasteiger partial charge on any atom is -0.493 e. The third kappa shape index (κ3) is 4.80. The van der Waals surface area contributed by atoms with Crippen LogP contribution in [-0.4, -0.2) is 34.6 Å². The minimum atomic E-state index is -4.10. The van der Waals surface area contributed by atoms with Crippen molar-refractivity contribution in [3.05, 3.63) is 47.5 Å². The quantitative estimate of drug-likeness (QED) is 0.769. The predicted octanol–water partition coefficient (Wildman–Crippen LogP) is 2.63. The lowest BCUT2D eigenvalue weighted by Crippen LogP contribution is -2.39. The van der Waals surface area contributed by atoms with E-state index in [0.29, 0.717) is 16.5 Å². The van der Waals surface area contributed by atoms with Crippen LogP contribution in [0, 0.1) is 0 Å². The van der Waals surface area contributed by atoms with Gasteiger partial charge in [-0.2, -0.15) is 0 Å². The number of amides is 1. The fourth-order valence-corrected chi connectivity index (χ4v) is 3.21. The molecule has 0 aliphatic carbocycles.